The molecule has 1 aliphatic heterocycles. The van der Waals surface area contributed by atoms with Gasteiger partial charge in [-0.1, -0.05) is 17.7 Å². The zero-order chi connectivity index (χ0) is 24.8. The molecule has 0 spiro atoms. The topological polar surface area (TPSA) is 100 Å². The van der Waals surface area contributed by atoms with Gasteiger partial charge in [0.2, 0.25) is 5.95 Å². The molecule has 8 nitrogen and oxygen atoms in total. The van der Waals surface area contributed by atoms with E-state index in [2.05, 4.69) is 10.3 Å². The molecule has 0 radical (unpaired) electrons. The van der Waals surface area contributed by atoms with Gasteiger partial charge in [0, 0.05) is 25.1 Å². The van der Waals surface area contributed by atoms with Crippen LogP contribution >= 0.6 is 11.6 Å². The van der Waals surface area contributed by atoms with E-state index in [9.17, 15) is 23.5 Å². The normalized spacial score (nSPS) is 16.1. The van der Waals surface area contributed by atoms with E-state index >= 15 is 0 Å². The van der Waals surface area contributed by atoms with Gasteiger partial charge in [0.1, 0.15) is 5.15 Å². The van der Waals surface area contributed by atoms with Crippen molar-refractivity contribution in [3.05, 3.63) is 56.6 Å². The highest BCUT2D eigenvalue weighted by Crippen LogP contribution is 2.32. The van der Waals surface area contributed by atoms with Gasteiger partial charge in [-0.25, -0.2) is 23.5 Å². The zero-order valence-electron chi connectivity index (χ0n) is 18.9. The maximum Gasteiger partial charge on any atom is 0.356 e. The summed E-state index contributed by atoms with van der Waals surface area (Å²) < 4.78 is 29.3. The Morgan fingerprint density at radius 2 is 2.06 bits per heavy atom. The molecule has 11 heteroatoms. The third-order valence-electron chi connectivity index (χ3n) is 5.88. The minimum absolute atomic E-state index is 0.0467. The lowest BCUT2D eigenvalue weighted by atomic mass is 10.0. The standard InChI is InChI=1S/C23H24ClF2N5O3/c1-4-31-20(32)15-10-12(2)9-14(18(15)29-22(31)30-8-7-23(25,26)11-30)13(3)27-16-5-6-17(24)28-19(16)21(33)34/h5-6,9-10,13,27H,4,7-8,11H2,1-3H3,(H,33,34). The maximum atomic E-state index is 13.9. The Hall–Kier alpha value is -3.27. The number of aromatic nitrogens is 3. The molecular weight excluding hydrogens is 468 g/mol. The van der Waals surface area contributed by atoms with Crippen molar-refractivity contribution in [2.24, 2.45) is 0 Å². The monoisotopic (exact) mass is 491 g/mol. The SMILES string of the molecule is CCn1c(N2CCC(F)(F)C2)nc2c(C(C)Nc3ccc(Cl)nc3C(=O)O)cc(C)cc2c1=O. The minimum Gasteiger partial charge on any atom is -0.476 e. The number of anilines is 2. The zero-order valence-corrected chi connectivity index (χ0v) is 19.7. The summed E-state index contributed by atoms with van der Waals surface area (Å²) in [6.07, 6.45) is -0.301. The summed E-state index contributed by atoms with van der Waals surface area (Å²) in [5.41, 5.74) is 1.52. The molecule has 0 bridgehead atoms. The number of hydrogen-bond donors (Lipinski definition) is 2. The molecule has 180 valence electrons. The number of rotatable bonds is 6. The van der Waals surface area contributed by atoms with Crippen LogP contribution in [0.3, 0.4) is 0 Å². The van der Waals surface area contributed by atoms with E-state index in [4.69, 9.17) is 16.6 Å². The number of hydrogen-bond acceptors (Lipinski definition) is 6. The highest BCUT2D eigenvalue weighted by molar-refractivity contribution is 6.29. The quantitative estimate of drug-likeness (QED) is 0.490. The number of aromatic carboxylic acids is 1. The van der Waals surface area contributed by atoms with E-state index in [1.165, 1.54) is 21.6 Å². The summed E-state index contributed by atoms with van der Waals surface area (Å²) in [4.78, 5) is 35.0. The first kappa shape index (κ1) is 23.9. The number of carboxylic acid groups (broad SMARTS) is 1. The summed E-state index contributed by atoms with van der Waals surface area (Å²) in [7, 11) is 0. The Morgan fingerprint density at radius 3 is 2.68 bits per heavy atom. The van der Waals surface area contributed by atoms with Crippen LogP contribution in [-0.2, 0) is 6.54 Å². The lowest BCUT2D eigenvalue weighted by molar-refractivity contribution is 0.0255. The average molecular weight is 492 g/mol. The molecule has 1 saturated heterocycles. The van der Waals surface area contributed by atoms with Crippen molar-refractivity contribution in [1.82, 2.24) is 14.5 Å². The summed E-state index contributed by atoms with van der Waals surface area (Å²) in [5, 5.41) is 13.0. The number of nitrogens with one attached hydrogen (secondary N) is 1. The van der Waals surface area contributed by atoms with Crippen molar-refractivity contribution >= 4 is 40.1 Å². The number of aryl methyl sites for hydroxylation is 1. The molecule has 3 aromatic rings. The first-order valence-corrected chi connectivity index (χ1v) is 11.2. The Balaban J connectivity index is 1.85. The molecule has 0 aliphatic carbocycles. The third-order valence-corrected chi connectivity index (χ3v) is 6.09. The van der Waals surface area contributed by atoms with Crippen LogP contribution in [0.2, 0.25) is 5.15 Å². The highest BCUT2D eigenvalue weighted by atomic mass is 35.5. The van der Waals surface area contributed by atoms with E-state index in [1.54, 1.807) is 19.9 Å². The lowest BCUT2D eigenvalue weighted by Gasteiger charge is -2.24. The van der Waals surface area contributed by atoms with Gasteiger partial charge in [0.15, 0.2) is 5.69 Å². The molecule has 1 unspecified atom stereocenters. The molecule has 3 heterocycles. The first-order valence-electron chi connectivity index (χ1n) is 10.8. The van der Waals surface area contributed by atoms with Gasteiger partial charge >= 0.3 is 5.97 Å². The Labute approximate surface area is 199 Å². The summed E-state index contributed by atoms with van der Waals surface area (Å²) >= 11 is 5.85. The van der Waals surface area contributed by atoms with E-state index in [-0.39, 0.29) is 47.6 Å². The van der Waals surface area contributed by atoms with Crippen LogP contribution < -0.4 is 15.8 Å². The smallest absolute Gasteiger partial charge is 0.356 e. The number of halogens is 3. The Morgan fingerprint density at radius 1 is 1.32 bits per heavy atom. The van der Waals surface area contributed by atoms with Gasteiger partial charge in [-0.15, -0.1) is 0 Å². The van der Waals surface area contributed by atoms with Gasteiger partial charge in [-0.05, 0) is 44.5 Å². The van der Waals surface area contributed by atoms with Gasteiger partial charge in [0.05, 0.1) is 29.2 Å². The van der Waals surface area contributed by atoms with Crippen molar-refractivity contribution in [3.63, 3.8) is 0 Å². The molecule has 1 fully saturated rings. The minimum atomic E-state index is -2.84. The van der Waals surface area contributed by atoms with Gasteiger partial charge < -0.3 is 15.3 Å². The van der Waals surface area contributed by atoms with Gasteiger partial charge in [-0.2, -0.15) is 0 Å². The molecular formula is C23H24ClF2N5O3. The van der Waals surface area contributed by atoms with Crippen LogP contribution in [0, 0.1) is 6.92 Å². The van der Waals surface area contributed by atoms with Crippen LogP contribution in [0.5, 0.6) is 0 Å². The van der Waals surface area contributed by atoms with E-state index in [1.807, 2.05) is 13.0 Å². The maximum absolute atomic E-state index is 13.9. The summed E-state index contributed by atoms with van der Waals surface area (Å²) in [6, 6.07) is 6.07. The fraction of sp³-hybridized carbons (Fsp3) is 0.391. The molecule has 34 heavy (non-hydrogen) atoms. The molecule has 1 atom stereocenters. The third kappa shape index (κ3) is 4.42. The summed E-state index contributed by atoms with van der Waals surface area (Å²) in [5.74, 6) is -3.88. The second kappa shape index (κ2) is 8.83. The van der Waals surface area contributed by atoms with Crippen LogP contribution in [0.25, 0.3) is 10.9 Å². The average Bonchev–Trinajstić information content (AvgIpc) is 3.14. The molecule has 0 saturated carbocycles. The van der Waals surface area contributed by atoms with Crippen molar-refractivity contribution in [2.45, 2.75) is 45.7 Å². The van der Waals surface area contributed by atoms with Crippen molar-refractivity contribution in [1.29, 1.82) is 0 Å². The number of alkyl halides is 2. The van der Waals surface area contributed by atoms with Crippen LogP contribution in [0.15, 0.2) is 29.1 Å². The van der Waals surface area contributed by atoms with E-state index in [0.717, 1.165) is 5.56 Å². The first-order chi connectivity index (χ1) is 16.0. The fourth-order valence-corrected chi connectivity index (χ4v) is 4.43. The molecule has 0 amide bonds. The summed E-state index contributed by atoms with van der Waals surface area (Å²) in [6.45, 7) is 5.29. The number of nitrogens with zero attached hydrogens (tertiary/aromatic N) is 4. The fourth-order valence-electron chi connectivity index (χ4n) is 4.28. The second-order valence-corrected chi connectivity index (χ2v) is 8.83. The number of pyridine rings is 1. The number of carbonyl (C=O) groups is 1. The van der Waals surface area contributed by atoms with Gasteiger partial charge in [0.25, 0.3) is 11.5 Å². The van der Waals surface area contributed by atoms with E-state index < -0.39 is 24.5 Å². The second-order valence-electron chi connectivity index (χ2n) is 8.44. The Bertz CT molecular complexity index is 1340. The number of carboxylic acids is 1. The Kier molecular flexibility index (Phi) is 6.20. The molecule has 1 aromatic carbocycles. The predicted molar refractivity (Wildman–Crippen MR) is 126 cm³/mol. The van der Waals surface area contributed by atoms with Crippen molar-refractivity contribution in [2.75, 3.05) is 23.3 Å². The lowest BCUT2D eigenvalue weighted by Crippen LogP contribution is -2.33. The van der Waals surface area contributed by atoms with Crippen molar-refractivity contribution in [3.8, 4) is 0 Å². The number of fused-ring (bicyclic) bond motifs is 1. The van der Waals surface area contributed by atoms with Crippen LogP contribution in [-0.4, -0.2) is 44.6 Å². The van der Waals surface area contributed by atoms with Crippen LogP contribution in [0.1, 0.15) is 47.9 Å². The largest absolute Gasteiger partial charge is 0.476 e. The van der Waals surface area contributed by atoms with E-state index in [0.29, 0.717) is 16.5 Å². The highest BCUT2D eigenvalue weighted by Gasteiger charge is 2.40. The molecule has 1 aliphatic rings. The van der Waals surface area contributed by atoms with Gasteiger partial charge in [-0.3, -0.25) is 9.36 Å². The van der Waals surface area contributed by atoms with Crippen molar-refractivity contribution < 1.29 is 18.7 Å². The molecule has 2 aromatic heterocycles. The predicted octanol–water partition coefficient (Wildman–Crippen LogP) is 4.49. The van der Waals surface area contributed by atoms with Crippen LogP contribution in [0.4, 0.5) is 20.4 Å². The number of benzene rings is 1. The molecule has 4 rings (SSSR count). The molecule has 2 N–H and O–H groups in total.